The van der Waals surface area contributed by atoms with Gasteiger partial charge < -0.3 is 4.74 Å². The van der Waals surface area contributed by atoms with E-state index in [-0.39, 0.29) is 23.3 Å². The number of amides is 2. The Hall–Kier alpha value is -2.64. The van der Waals surface area contributed by atoms with Gasteiger partial charge in [0.1, 0.15) is 0 Å². The van der Waals surface area contributed by atoms with Crippen molar-refractivity contribution in [3.05, 3.63) is 34.4 Å². The molecule has 2 N–H and O–H groups in total. The van der Waals surface area contributed by atoms with Gasteiger partial charge in [-0.05, 0) is 25.8 Å². The largest absolute Gasteiger partial charge is 0.474 e. The molecule has 2 rings (SSSR count). The summed E-state index contributed by atoms with van der Waals surface area (Å²) in [5, 5.41) is 10.9. The minimum Gasteiger partial charge on any atom is -0.474 e. The molecule has 0 radical (unpaired) electrons. The van der Waals surface area contributed by atoms with Gasteiger partial charge in [-0.15, -0.1) is 0 Å². The van der Waals surface area contributed by atoms with Crippen LogP contribution in [0.3, 0.4) is 0 Å². The predicted octanol–water partition coefficient (Wildman–Crippen LogP) is 2.09. The third-order valence-electron chi connectivity index (χ3n) is 4.02. The van der Waals surface area contributed by atoms with Crippen LogP contribution in [0.5, 0.6) is 5.75 Å². The van der Waals surface area contributed by atoms with Crippen LogP contribution in [0, 0.1) is 16.0 Å². The van der Waals surface area contributed by atoms with Gasteiger partial charge in [0.15, 0.2) is 11.9 Å². The van der Waals surface area contributed by atoms with Crippen molar-refractivity contribution in [1.82, 2.24) is 10.9 Å². The zero-order chi connectivity index (χ0) is 17.5. The Labute approximate surface area is 139 Å². The average Bonchev–Trinajstić information content (AvgIpc) is 2.60. The number of nitro groups is 1. The van der Waals surface area contributed by atoms with Gasteiger partial charge in [0.25, 0.3) is 5.91 Å². The minimum absolute atomic E-state index is 0.00348. The van der Waals surface area contributed by atoms with Crippen LogP contribution in [0.25, 0.3) is 0 Å². The third-order valence-corrected chi connectivity index (χ3v) is 4.02. The van der Waals surface area contributed by atoms with Gasteiger partial charge in [-0.3, -0.25) is 30.6 Å². The molecule has 8 nitrogen and oxygen atoms in total. The smallest absolute Gasteiger partial charge is 0.310 e. The maximum Gasteiger partial charge on any atom is 0.310 e. The van der Waals surface area contributed by atoms with Crippen LogP contribution in [-0.4, -0.2) is 22.8 Å². The second kappa shape index (κ2) is 8.28. The molecule has 0 heterocycles. The van der Waals surface area contributed by atoms with Gasteiger partial charge in [-0.25, -0.2) is 0 Å². The molecule has 0 saturated heterocycles. The van der Waals surface area contributed by atoms with E-state index in [1.54, 1.807) is 6.07 Å². The van der Waals surface area contributed by atoms with E-state index in [4.69, 9.17) is 4.74 Å². The summed E-state index contributed by atoms with van der Waals surface area (Å²) < 4.78 is 5.34. The molecule has 1 unspecified atom stereocenters. The van der Waals surface area contributed by atoms with Gasteiger partial charge in [-0.2, -0.15) is 0 Å². The highest BCUT2D eigenvalue weighted by molar-refractivity contribution is 5.85. The number of nitrogens with one attached hydrogen (secondary N) is 2. The first-order valence-corrected chi connectivity index (χ1v) is 7.99. The number of nitro benzene ring substituents is 1. The Bertz CT molecular complexity index is 613. The van der Waals surface area contributed by atoms with Crippen LogP contribution >= 0.6 is 0 Å². The molecule has 0 spiro atoms. The van der Waals surface area contributed by atoms with E-state index < -0.39 is 16.9 Å². The monoisotopic (exact) mass is 335 g/mol. The Morgan fingerprint density at radius 3 is 2.54 bits per heavy atom. The van der Waals surface area contributed by atoms with E-state index in [1.165, 1.54) is 25.1 Å². The molecule has 0 aliphatic heterocycles. The topological polar surface area (TPSA) is 111 Å². The number of para-hydroxylation sites is 2. The van der Waals surface area contributed by atoms with Crippen LogP contribution in [0.15, 0.2) is 24.3 Å². The lowest BCUT2D eigenvalue weighted by Gasteiger charge is -2.21. The lowest BCUT2D eigenvalue weighted by atomic mass is 9.89. The quantitative estimate of drug-likeness (QED) is 0.632. The fourth-order valence-electron chi connectivity index (χ4n) is 2.64. The van der Waals surface area contributed by atoms with Crippen LogP contribution in [0.1, 0.15) is 39.0 Å². The fraction of sp³-hybridized carbons (Fsp3) is 0.500. The Morgan fingerprint density at radius 1 is 1.21 bits per heavy atom. The third kappa shape index (κ3) is 4.68. The van der Waals surface area contributed by atoms with Crippen molar-refractivity contribution in [3.8, 4) is 5.75 Å². The Kier molecular flexibility index (Phi) is 6.11. The molecule has 1 saturated carbocycles. The highest BCUT2D eigenvalue weighted by Crippen LogP contribution is 2.27. The summed E-state index contributed by atoms with van der Waals surface area (Å²) in [6.45, 7) is 1.46. The molecule has 130 valence electrons. The summed E-state index contributed by atoms with van der Waals surface area (Å²) in [4.78, 5) is 34.3. The SMILES string of the molecule is CC(Oc1ccccc1[N+](=O)[O-])C(=O)NNC(=O)C1CCCCC1. The predicted molar refractivity (Wildman–Crippen MR) is 86.0 cm³/mol. The minimum atomic E-state index is -0.988. The van der Waals surface area contributed by atoms with Crippen LogP contribution < -0.4 is 15.6 Å². The lowest BCUT2D eigenvalue weighted by molar-refractivity contribution is -0.386. The van der Waals surface area contributed by atoms with Crippen molar-refractivity contribution in [3.63, 3.8) is 0 Å². The van der Waals surface area contributed by atoms with Crippen LogP contribution in [0.2, 0.25) is 0 Å². The first-order chi connectivity index (χ1) is 11.5. The number of hydrogen-bond donors (Lipinski definition) is 2. The standard InChI is InChI=1S/C16H21N3O5/c1-11(24-14-10-6-5-9-13(14)19(22)23)15(20)17-18-16(21)12-7-3-2-4-8-12/h5-6,9-12H,2-4,7-8H2,1H3,(H,17,20)(H,18,21). The molecule has 1 atom stereocenters. The van der Waals surface area contributed by atoms with E-state index in [2.05, 4.69) is 10.9 Å². The zero-order valence-corrected chi connectivity index (χ0v) is 13.5. The summed E-state index contributed by atoms with van der Waals surface area (Å²) in [6.07, 6.45) is 3.83. The summed E-state index contributed by atoms with van der Waals surface area (Å²) in [7, 11) is 0. The van der Waals surface area contributed by atoms with E-state index in [1.807, 2.05) is 0 Å². The number of rotatable bonds is 5. The number of ether oxygens (including phenoxy) is 1. The van der Waals surface area contributed by atoms with Gasteiger partial charge in [0.2, 0.25) is 5.91 Å². The number of hydrazine groups is 1. The van der Waals surface area contributed by atoms with Crippen LogP contribution in [0.4, 0.5) is 5.69 Å². The highest BCUT2D eigenvalue weighted by Gasteiger charge is 2.24. The summed E-state index contributed by atoms with van der Waals surface area (Å²) in [5.41, 5.74) is 4.50. The maximum atomic E-state index is 12.0. The van der Waals surface area contributed by atoms with Gasteiger partial charge in [-0.1, -0.05) is 31.4 Å². The normalized spacial score (nSPS) is 16.0. The first-order valence-electron chi connectivity index (χ1n) is 7.99. The number of benzene rings is 1. The van der Waals surface area contributed by atoms with Gasteiger partial charge in [0.05, 0.1) is 4.92 Å². The average molecular weight is 335 g/mol. The van der Waals surface area contributed by atoms with Crippen molar-refractivity contribution in [2.45, 2.75) is 45.1 Å². The summed E-state index contributed by atoms with van der Waals surface area (Å²) in [6, 6.07) is 5.81. The van der Waals surface area contributed by atoms with E-state index in [0.29, 0.717) is 0 Å². The van der Waals surface area contributed by atoms with Gasteiger partial charge >= 0.3 is 5.69 Å². The van der Waals surface area contributed by atoms with Gasteiger partial charge in [0, 0.05) is 12.0 Å². The molecule has 8 heteroatoms. The van der Waals surface area contributed by atoms with Crippen molar-refractivity contribution in [2.24, 2.45) is 5.92 Å². The molecule has 1 aliphatic rings. The first kappa shape index (κ1) is 17.7. The molecule has 1 aromatic carbocycles. The maximum absolute atomic E-state index is 12.0. The molecule has 1 aliphatic carbocycles. The fourth-order valence-corrected chi connectivity index (χ4v) is 2.64. The zero-order valence-electron chi connectivity index (χ0n) is 13.5. The van der Waals surface area contributed by atoms with Crippen molar-refractivity contribution >= 4 is 17.5 Å². The molecule has 1 aromatic rings. The molecule has 2 amide bonds. The number of hydrogen-bond acceptors (Lipinski definition) is 5. The van der Waals surface area contributed by atoms with Crippen molar-refractivity contribution in [1.29, 1.82) is 0 Å². The molecular weight excluding hydrogens is 314 g/mol. The van der Waals surface area contributed by atoms with E-state index in [0.717, 1.165) is 32.1 Å². The highest BCUT2D eigenvalue weighted by atomic mass is 16.6. The summed E-state index contributed by atoms with van der Waals surface area (Å²) >= 11 is 0. The summed E-state index contributed by atoms with van der Waals surface area (Å²) in [5.74, 6) is -0.854. The molecule has 1 fully saturated rings. The number of carbonyl (C=O) groups is 2. The molecule has 0 bridgehead atoms. The number of nitrogens with zero attached hydrogens (tertiary/aromatic N) is 1. The van der Waals surface area contributed by atoms with E-state index >= 15 is 0 Å². The van der Waals surface area contributed by atoms with Crippen molar-refractivity contribution in [2.75, 3.05) is 0 Å². The molecular formula is C16H21N3O5. The van der Waals surface area contributed by atoms with Crippen molar-refractivity contribution < 1.29 is 19.2 Å². The second-order valence-corrected chi connectivity index (χ2v) is 5.80. The second-order valence-electron chi connectivity index (χ2n) is 5.80. The molecule has 0 aromatic heterocycles. The number of carbonyl (C=O) groups excluding carboxylic acids is 2. The molecule has 24 heavy (non-hydrogen) atoms. The lowest BCUT2D eigenvalue weighted by Crippen LogP contribution is -2.49. The Morgan fingerprint density at radius 2 is 1.88 bits per heavy atom. The van der Waals surface area contributed by atoms with E-state index in [9.17, 15) is 19.7 Å². The van der Waals surface area contributed by atoms with Crippen LogP contribution in [-0.2, 0) is 9.59 Å². The Balaban J connectivity index is 1.86.